The molecular weight excluding hydrogens is 385 g/mol. The second-order valence-corrected chi connectivity index (χ2v) is 5.69. The van der Waals surface area contributed by atoms with E-state index in [2.05, 4.69) is 36.8 Å². The highest BCUT2D eigenvalue weighted by Gasteiger charge is 2.09. The van der Waals surface area contributed by atoms with Crippen LogP contribution in [0, 0.1) is 0 Å². The summed E-state index contributed by atoms with van der Waals surface area (Å²) in [4.78, 5) is 4.11. The molecule has 18 heavy (non-hydrogen) atoms. The summed E-state index contributed by atoms with van der Waals surface area (Å²) >= 11 is 12.7. The molecule has 0 saturated heterocycles. The van der Waals surface area contributed by atoms with E-state index < -0.39 is 0 Å². The van der Waals surface area contributed by atoms with E-state index in [0.29, 0.717) is 22.2 Å². The van der Waals surface area contributed by atoms with Crippen molar-refractivity contribution >= 4 is 43.5 Å². The quantitative estimate of drug-likeness (QED) is 0.832. The number of hydrogen-bond donors (Lipinski definition) is 1. The van der Waals surface area contributed by atoms with E-state index in [9.17, 15) is 5.11 Å². The molecule has 1 aromatic carbocycles. The van der Waals surface area contributed by atoms with Crippen LogP contribution in [0.5, 0.6) is 11.6 Å². The lowest BCUT2D eigenvalue weighted by atomic mass is 10.3. The maximum Gasteiger partial charge on any atom is 0.224 e. The maximum absolute atomic E-state index is 9.26. The van der Waals surface area contributed by atoms with Crippen molar-refractivity contribution in [1.29, 1.82) is 0 Å². The van der Waals surface area contributed by atoms with Crippen LogP contribution in [-0.2, 0) is 6.61 Å². The molecule has 0 aliphatic heterocycles. The molecule has 94 valence electrons. The van der Waals surface area contributed by atoms with Crippen LogP contribution in [0.25, 0.3) is 0 Å². The van der Waals surface area contributed by atoms with Gasteiger partial charge in [-0.05, 0) is 40.2 Å². The molecule has 1 aromatic heterocycles. The minimum absolute atomic E-state index is 0.159. The van der Waals surface area contributed by atoms with E-state index in [1.54, 1.807) is 24.4 Å². The summed E-state index contributed by atoms with van der Waals surface area (Å²) in [5.41, 5.74) is 0.584. The number of hydrogen-bond acceptors (Lipinski definition) is 3. The molecule has 0 radical (unpaired) electrons. The summed E-state index contributed by atoms with van der Waals surface area (Å²) in [5.74, 6) is 0.816. The van der Waals surface area contributed by atoms with E-state index >= 15 is 0 Å². The van der Waals surface area contributed by atoms with Gasteiger partial charge in [0.15, 0.2) is 0 Å². The van der Waals surface area contributed by atoms with Crippen molar-refractivity contribution in [1.82, 2.24) is 4.98 Å². The number of aromatic nitrogens is 1. The van der Waals surface area contributed by atoms with Gasteiger partial charge in [0.2, 0.25) is 5.88 Å². The lowest BCUT2D eigenvalue weighted by Crippen LogP contribution is -1.95. The van der Waals surface area contributed by atoms with Crippen LogP contribution < -0.4 is 4.74 Å². The monoisotopic (exact) mass is 391 g/mol. The summed E-state index contributed by atoms with van der Waals surface area (Å²) in [6.07, 6.45) is 1.60. The van der Waals surface area contributed by atoms with E-state index in [4.69, 9.17) is 16.3 Å². The van der Waals surface area contributed by atoms with Crippen molar-refractivity contribution in [2.45, 2.75) is 6.61 Å². The smallest absolute Gasteiger partial charge is 0.224 e. The molecule has 0 aliphatic carbocycles. The minimum atomic E-state index is -0.159. The fraction of sp³-hybridized carbons (Fsp3) is 0.0833. The summed E-state index contributed by atoms with van der Waals surface area (Å²) in [6, 6.07) is 7.02. The third-order valence-corrected chi connectivity index (χ3v) is 3.40. The van der Waals surface area contributed by atoms with Crippen LogP contribution in [0.3, 0.4) is 0 Å². The van der Waals surface area contributed by atoms with Crippen LogP contribution in [0.15, 0.2) is 39.4 Å². The normalized spacial score (nSPS) is 10.4. The second kappa shape index (κ2) is 6.02. The van der Waals surface area contributed by atoms with Gasteiger partial charge < -0.3 is 9.84 Å². The molecule has 2 rings (SSSR count). The molecule has 2 aromatic rings. The SMILES string of the molecule is OCc1cc(Br)cnc1Oc1cc(Br)ccc1Cl. The van der Waals surface area contributed by atoms with E-state index in [1.165, 1.54) is 0 Å². The van der Waals surface area contributed by atoms with Gasteiger partial charge in [0.25, 0.3) is 0 Å². The number of nitrogens with zero attached hydrogens (tertiary/aromatic N) is 1. The van der Waals surface area contributed by atoms with Crippen LogP contribution in [0.4, 0.5) is 0 Å². The minimum Gasteiger partial charge on any atom is -0.437 e. The average molecular weight is 393 g/mol. The summed E-state index contributed by atoms with van der Waals surface area (Å²) in [7, 11) is 0. The standard InChI is InChI=1S/C12H8Br2ClNO2/c13-8-1-2-10(15)11(4-8)18-12-7(6-17)3-9(14)5-16-12/h1-5,17H,6H2. The fourth-order valence-corrected chi connectivity index (χ4v) is 2.21. The Morgan fingerprint density at radius 2 is 2.00 bits per heavy atom. The van der Waals surface area contributed by atoms with Crippen molar-refractivity contribution in [2.75, 3.05) is 0 Å². The van der Waals surface area contributed by atoms with Gasteiger partial charge in [0.05, 0.1) is 11.6 Å². The Morgan fingerprint density at radius 1 is 1.22 bits per heavy atom. The Morgan fingerprint density at radius 3 is 2.72 bits per heavy atom. The van der Waals surface area contributed by atoms with E-state index in [-0.39, 0.29) is 6.61 Å². The Hall–Kier alpha value is -0.620. The number of pyridine rings is 1. The molecular formula is C12H8Br2ClNO2. The Kier molecular flexibility index (Phi) is 4.61. The van der Waals surface area contributed by atoms with Crippen LogP contribution >= 0.6 is 43.5 Å². The molecule has 0 amide bonds. The van der Waals surface area contributed by atoms with Gasteiger partial charge in [0.1, 0.15) is 5.75 Å². The highest BCUT2D eigenvalue weighted by molar-refractivity contribution is 9.10. The predicted octanol–water partition coefficient (Wildman–Crippen LogP) is 4.54. The van der Waals surface area contributed by atoms with Crippen LogP contribution in [-0.4, -0.2) is 10.1 Å². The zero-order valence-electron chi connectivity index (χ0n) is 9.03. The third kappa shape index (κ3) is 3.23. The molecule has 1 N–H and O–H groups in total. The van der Waals surface area contributed by atoms with Gasteiger partial charge in [-0.1, -0.05) is 27.5 Å². The summed E-state index contributed by atoms with van der Waals surface area (Å²) in [6.45, 7) is -0.159. The zero-order valence-corrected chi connectivity index (χ0v) is 13.0. The van der Waals surface area contributed by atoms with Gasteiger partial charge in [-0.15, -0.1) is 0 Å². The first-order valence-electron chi connectivity index (χ1n) is 4.98. The van der Waals surface area contributed by atoms with Crippen molar-refractivity contribution in [2.24, 2.45) is 0 Å². The largest absolute Gasteiger partial charge is 0.437 e. The molecule has 0 unspecified atom stereocenters. The first-order chi connectivity index (χ1) is 8.60. The van der Waals surface area contributed by atoms with Gasteiger partial charge in [-0.2, -0.15) is 0 Å². The highest BCUT2D eigenvalue weighted by Crippen LogP contribution is 2.33. The van der Waals surface area contributed by atoms with Gasteiger partial charge in [-0.25, -0.2) is 4.98 Å². The van der Waals surface area contributed by atoms with Gasteiger partial charge in [-0.3, -0.25) is 0 Å². The van der Waals surface area contributed by atoms with Crippen molar-refractivity contribution in [3.05, 3.63) is 50.0 Å². The zero-order chi connectivity index (χ0) is 13.1. The first kappa shape index (κ1) is 13.8. The lowest BCUT2D eigenvalue weighted by Gasteiger charge is -2.10. The number of benzene rings is 1. The average Bonchev–Trinajstić information content (AvgIpc) is 2.36. The maximum atomic E-state index is 9.26. The highest BCUT2D eigenvalue weighted by atomic mass is 79.9. The number of aliphatic hydroxyl groups is 1. The van der Waals surface area contributed by atoms with E-state index in [0.717, 1.165) is 8.95 Å². The number of aliphatic hydroxyl groups excluding tert-OH is 1. The molecule has 0 aliphatic rings. The van der Waals surface area contributed by atoms with Crippen molar-refractivity contribution in [3.63, 3.8) is 0 Å². The molecule has 0 saturated carbocycles. The lowest BCUT2D eigenvalue weighted by molar-refractivity contribution is 0.275. The molecule has 6 heteroatoms. The van der Waals surface area contributed by atoms with E-state index in [1.807, 2.05) is 6.07 Å². The number of rotatable bonds is 3. The first-order valence-corrected chi connectivity index (χ1v) is 6.94. The van der Waals surface area contributed by atoms with Gasteiger partial charge >= 0.3 is 0 Å². The topological polar surface area (TPSA) is 42.4 Å². The molecule has 0 spiro atoms. The Balaban J connectivity index is 2.36. The summed E-state index contributed by atoms with van der Waals surface area (Å²) in [5, 5.41) is 9.74. The summed E-state index contributed by atoms with van der Waals surface area (Å²) < 4.78 is 7.24. The fourth-order valence-electron chi connectivity index (χ4n) is 1.33. The third-order valence-electron chi connectivity index (χ3n) is 2.16. The van der Waals surface area contributed by atoms with Crippen LogP contribution in [0.2, 0.25) is 5.02 Å². The van der Waals surface area contributed by atoms with Crippen molar-refractivity contribution in [3.8, 4) is 11.6 Å². The molecule has 0 atom stereocenters. The van der Waals surface area contributed by atoms with Crippen molar-refractivity contribution < 1.29 is 9.84 Å². The molecule has 0 fully saturated rings. The molecule has 0 bridgehead atoms. The van der Waals surface area contributed by atoms with Gasteiger partial charge in [0, 0.05) is 20.7 Å². The molecule has 3 nitrogen and oxygen atoms in total. The molecule has 1 heterocycles. The Labute approximate surface area is 126 Å². The number of halogens is 3. The second-order valence-electron chi connectivity index (χ2n) is 3.45. The van der Waals surface area contributed by atoms with Crippen LogP contribution in [0.1, 0.15) is 5.56 Å². The number of ether oxygens (including phenoxy) is 1. The Bertz CT molecular complexity index is 578. The predicted molar refractivity (Wildman–Crippen MR) is 77.1 cm³/mol.